The van der Waals surface area contributed by atoms with Crippen molar-refractivity contribution in [2.75, 3.05) is 0 Å². The highest BCUT2D eigenvalue weighted by atomic mass is 14.7. The van der Waals surface area contributed by atoms with Crippen LogP contribution in [0.25, 0.3) is 0 Å². The zero-order valence-corrected chi connectivity index (χ0v) is 8.67. The van der Waals surface area contributed by atoms with Crippen molar-refractivity contribution in [2.45, 2.75) is 39.0 Å². The molecule has 1 heterocycles. The van der Waals surface area contributed by atoms with Gasteiger partial charge in [0, 0.05) is 6.20 Å². The highest BCUT2D eigenvalue weighted by Gasteiger charge is 2.21. The van der Waals surface area contributed by atoms with Crippen LogP contribution in [0.3, 0.4) is 0 Å². The van der Waals surface area contributed by atoms with Crippen LogP contribution in [0.4, 0.5) is 0 Å². The molecule has 0 N–H and O–H groups in total. The molecule has 1 aromatic rings. The molecule has 1 aromatic heterocycles. The van der Waals surface area contributed by atoms with E-state index < -0.39 is 0 Å². The average Bonchev–Trinajstić information content (AvgIpc) is 2.19. The second-order valence-corrected chi connectivity index (χ2v) is 4.06. The van der Waals surface area contributed by atoms with Crippen LogP contribution in [0.5, 0.6) is 0 Å². The molecule has 0 spiro atoms. The number of nitrogens with zero attached hydrogens (tertiary/aromatic N) is 2. The van der Waals surface area contributed by atoms with Gasteiger partial charge in [-0.1, -0.05) is 6.92 Å². The fraction of sp³-hybridized carbons (Fsp3) is 0.500. The number of aryl methyl sites for hydroxylation is 2. The second-order valence-electron chi connectivity index (χ2n) is 4.06. The molecule has 0 radical (unpaired) electrons. The van der Waals surface area contributed by atoms with Gasteiger partial charge in [0.05, 0.1) is 11.3 Å². The zero-order valence-electron chi connectivity index (χ0n) is 8.67. The van der Waals surface area contributed by atoms with Crippen LogP contribution in [-0.4, -0.2) is 4.98 Å². The summed E-state index contributed by atoms with van der Waals surface area (Å²) in [6.07, 6.45) is 5.46. The van der Waals surface area contributed by atoms with Crippen molar-refractivity contribution in [1.82, 2.24) is 4.98 Å². The number of rotatable bonds is 0. The minimum atomic E-state index is 0.523. The number of pyridine rings is 1. The Kier molecular flexibility index (Phi) is 2.25. The molecule has 0 aromatic carbocycles. The van der Waals surface area contributed by atoms with Gasteiger partial charge in [0.25, 0.3) is 0 Å². The topological polar surface area (TPSA) is 36.7 Å². The third-order valence-corrected chi connectivity index (χ3v) is 3.08. The summed E-state index contributed by atoms with van der Waals surface area (Å²) in [5.74, 6) is 0.523. The maximum Gasteiger partial charge on any atom is 0.101 e. The Labute approximate surface area is 84.6 Å². The van der Waals surface area contributed by atoms with E-state index in [4.69, 9.17) is 5.26 Å². The Morgan fingerprint density at radius 3 is 3.07 bits per heavy atom. The minimum absolute atomic E-state index is 0.523. The van der Waals surface area contributed by atoms with Crippen LogP contribution in [-0.2, 0) is 6.42 Å². The molecule has 0 fully saturated rings. The van der Waals surface area contributed by atoms with E-state index in [1.54, 1.807) is 0 Å². The van der Waals surface area contributed by atoms with Crippen LogP contribution >= 0.6 is 0 Å². The molecule has 2 rings (SSSR count). The Hall–Kier alpha value is -1.36. The Morgan fingerprint density at radius 2 is 2.36 bits per heavy atom. The SMILES string of the molecule is Cc1ncc2c(c1C#N)C(C)CCC2. The van der Waals surface area contributed by atoms with E-state index >= 15 is 0 Å². The van der Waals surface area contributed by atoms with Crippen molar-refractivity contribution in [3.05, 3.63) is 28.6 Å². The summed E-state index contributed by atoms with van der Waals surface area (Å²) in [5.41, 5.74) is 4.23. The van der Waals surface area contributed by atoms with E-state index in [1.807, 2.05) is 13.1 Å². The Balaban J connectivity index is 2.65. The van der Waals surface area contributed by atoms with Crippen LogP contribution in [0, 0.1) is 18.3 Å². The Bertz CT molecular complexity index is 402. The quantitative estimate of drug-likeness (QED) is 0.624. The molecule has 2 nitrogen and oxygen atoms in total. The van der Waals surface area contributed by atoms with Crippen LogP contribution in [0.2, 0.25) is 0 Å². The highest BCUT2D eigenvalue weighted by molar-refractivity contribution is 5.47. The summed E-state index contributed by atoms with van der Waals surface area (Å²) in [6.45, 7) is 4.12. The largest absolute Gasteiger partial charge is 0.260 e. The van der Waals surface area contributed by atoms with Crippen molar-refractivity contribution in [2.24, 2.45) is 0 Å². The average molecular weight is 186 g/mol. The van der Waals surface area contributed by atoms with E-state index in [9.17, 15) is 0 Å². The number of hydrogen-bond donors (Lipinski definition) is 0. The Morgan fingerprint density at radius 1 is 1.57 bits per heavy atom. The van der Waals surface area contributed by atoms with E-state index in [2.05, 4.69) is 18.0 Å². The molecule has 1 atom stereocenters. The molecule has 72 valence electrons. The van der Waals surface area contributed by atoms with Gasteiger partial charge in [0.2, 0.25) is 0 Å². The minimum Gasteiger partial charge on any atom is -0.260 e. The van der Waals surface area contributed by atoms with Gasteiger partial charge in [-0.05, 0) is 43.2 Å². The second kappa shape index (κ2) is 3.42. The molecule has 1 aliphatic rings. The van der Waals surface area contributed by atoms with E-state index in [0.29, 0.717) is 5.92 Å². The van der Waals surface area contributed by atoms with E-state index in [-0.39, 0.29) is 0 Å². The first-order valence-electron chi connectivity index (χ1n) is 5.12. The fourth-order valence-corrected chi connectivity index (χ4v) is 2.31. The molecule has 14 heavy (non-hydrogen) atoms. The van der Waals surface area contributed by atoms with Gasteiger partial charge in [-0.25, -0.2) is 0 Å². The molecule has 2 heteroatoms. The summed E-state index contributed by atoms with van der Waals surface area (Å²) in [5, 5.41) is 9.10. The summed E-state index contributed by atoms with van der Waals surface area (Å²) < 4.78 is 0. The lowest BCUT2D eigenvalue weighted by Crippen LogP contribution is -2.11. The van der Waals surface area contributed by atoms with Crippen LogP contribution in [0.1, 0.15) is 48.1 Å². The standard InChI is InChI=1S/C12H14N2/c1-8-4-3-5-10-7-14-9(2)11(6-13)12(8)10/h7-8H,3-5H2,1-2H3. The summed E-state index contributed by atoms with van der Waals surface area (Å²) in [7, 11) is 0. The molecule has 1 aliphatic carbocycles. The van der Waals surface area contributed by atoms with Crippen LogP contribution < -0.4 is 0 Å². The van der Waals surface area contributed by atoms with Crippen molar-refractivity contribution >= 4 is 0 Å². The number of nitriles is 1. The van der Waals surface area contributed by atoms with Gasteiger partial charge >= 0.3 is 0 Å². The van der Waals surface area contributed by atoms with Gasteiger partial charge in [-0.15, -0.1) is 0 Å². The maximum absolute atomic E-state index is 9.10. The third-order valence-electron chi connectivity index (χ3n) is 3.08. The van der Waals surface area contributed by atoms with Gasteiger partial charge in [0.15, 0.2) is 0 Å². The predicted molar refractivity (Wildman–Crippen MR) is 55.0 cm³/mol. The van der Waals surface area contributed by atoms with Crippen molar-refractivity contribution in [3.63, 3.8) is 0 Å². The zero-order chi connectivity index (χ0) is 10.1. The molecule has 0 saturated heterocycles. The smallest absolute Gasteiger partial charge is 0.101 e. The molecule has 0 saturated carbocycles. The van der Waals surface area contributed by atoms with Gasteiger partial charge in [-0.3, -0.25) is 4.98 Å². The summed E-state index contributed by atoms with van der Waals surface area (Å²) in [6, 6.07) is 2.29. The third kappa shape index (κ3) is 1.29. The lowest BCUT2D eigenvalue weighted by molar-refractivity contribution is 0.585. The lowest BCUT2D eigenvalue weighted by atomic mass is 9.82. The van der Waals surface area contributed by atoms with Crippen molar-refractivity contribution < 1.29 is 0 Å². The van der Waals surface area contributed by atoms with Gasteiger partial charge < -0.3 is 0 Å². The first-order valence-corrected chi connectivity index (χ1v) is 5.12. The normalized spacial score (nSPS) is 19.9. The van der Waals surface area contributed by atoms with Crippen molar-refractivity contribution in [1.29, 1.82) is 5.26 Å². The fourth-order valence-electron chi connectivity index (χ4n) is 2.31. The molecular weight excluding hydrogens is 172 g/mol. The molecule has 0 aliphatic heterocycles. The maximum atomic E-state index is 9.10. The van der Waals surface area contributed by atoms with Gasteiger partial charge in [0.1, 0.15) is 6.07 Å². The van der Waals surface area contributed by atoms with Crippen LogP contribution in [0.15, 0.2) is 6.20 Å². The van der Waals surface area contributed by atoms with Crippen molar-refractivity contribution in [3.8, 4) is 6.07 Å². The first kappa shape index (κ1) is 9.21. The molecule has 0 bridgehead atoms. The predicted octanol–water partition coefficient (Wildman–Crippen LogP) is 2.70. The summed E-state index contributed by atoms with van der Waals surface area (Å²) >= 11 is 0. The summed E-state index contributed by atoms with van der Waals surface area (Å²) in [4.78, 5) is 4.28. The molecular formula is C12H14N2. The number of aromatic nitrogens is 1. The molecule has 0 amide bonds. The monoisotopic (exact) mass is 186 g/mol. The highest BCUT2D eigenvalue weighted by Crippen LogP contribution is 2.33. The first-order chi connectivity index (χ1) is 6.74. The lowest BCUT2D eigenvalue weighted by Gasteiger charge is -2.23. The molecule has 1 unspecified atom stereocenters. The van der Waals surface area contributed by atoms with E-state index in [1.165, 1.54) is 24.0 Å². The van der Waals surface area contributed by atoms with E-state index in [0.717, 1.165) is 17.7 Å². The van der Waals surface area contributed by atoms with Gasteiger partial charge in [-0.2, -0.15) is 5.26 Å². The number of fused-ring (bicyclic) bond motifs is 1. The number of hydrogen-bond acceptors (Lipinski definition) is 2.